The number of nitrogens with zero attached hydrogens (tertiary/aromatic N) is 2. The van der Waals surface area contributed by atoms with Crippen molar-refractivity contribution in [3.05, 3.63) is 75.5 Å². The molecule has 158 valence electrons. The van der Waals surface area contributed by atoms with E-state index in [-0.39, 0.29) is 35.1 Å². The summed E-state index contributed by atoms with van der Waals surface area (Å²) in [5.74, 6) is -0.131. The molecule has 10 heteroatoms. The number of rotatable bonds is 8. The van der Waals surface area contributed by atoms with Gasteiger partial charge in [-0.1, -0.05) is 15.9 Å². The highest BCUT2D eigenvalue weighted by Gasteiger charge is 2.20. The first-order valence-electron chi connectivity index (χ1n) is 9.04. The Kier molecular flexibility index (Phi) is 7.01. The number of aromatic nitrogens is 2. The highest BCUT2D eigenvalue weighted by atomic mass is 79.9. The minimum atomic E-state index is -3.85. The summed E-state index contributed by atoms with van der Waals surface area (Å²) >= 11 is 3.26. The Morgan fingerprint density at radius 1 is 1.17 bits per heavy atom. The zero-order valence-electron chi connectivity index (χ0n) is 16.0. The first kappa shape index (κ1) is 22.1. The molecule has 2 aromatic carbocycles. The van der Waals surface area contributed by atoms with Gasteiger partial charge < -0.3 is 4.74 Å². The fourth-order valence-corrected chi connectivity index (χ4v) is 4.42. The normalized spacial score (nSPS) is 11.4. The molecule has 0 bridgehead atoms. The average Bonchev–Trinajstić information content (AvgIpc) is 2.71. The zero-order valence-corrected chi connectivity index (χ0v) is 18.4. The van der Waals surface area contributed by atoms with Crippen LogP contribution in [0, 0.1) is 5.82 Å². The van der Waals surface area contributed by atoms with Gasteiger partial charge in [0.1, 0.15) is 16.5 Å². The lowest BCUT2D eigenvalue weighted by molar-refractivity contribution is 0.331. The summed E-state index contributed by atoms with van der Waals surface area (Å²) in [4.78, 5) is 16.5. The second-order valence-electron chi connectivity index (χ2n) is 6.23. The molecule has 0 saturated heterocycles. The van der Waals surface area contributed by atoms with Gasteiger partial charge in [0, 0.05) is 29.2 Å². The molecule has 0 aliphatic heterocycles. The van der Waals surface area contributed by atoms with E-state index >= 15 is 0 Å². The molecule has 0 fully saturated rings. The van der Waals surface area contributed by atoms with Crippen molar-refractivity contribution in [1.82, 2.24) is 14.3 Å². The summed E-state index contributed by atoms with van der Waals surface area (Å²) in [6.07, 6.45) is 1.33. The summed E-state index contributed by atoms with van der Waals surface area (Å²) in [6.45, 7) is 2.16. The van der Waals surface area contributed by atoms with Gasteiger partial charge in [0.15, 0.2) is 0 Å². The molecule has 1 aromatic heterocycles. The van der Waals surface area contributed by atoms with Crippen LogP contribution in [-0.2, 0) is 16.6 Å². The third-order valence-corrected chi connectivity index (χ3v) is 6.13. The van der Waals surface area contributed by atoms with E-state index < -0.39 is 10.0 Å². The van der Waals surface area contributed by atoms with E-state index in [1.807, 2.05) is 0 Å². The van der Waals surface area contributed by atoms with E-state index in [0.29, 0.717) is 22.3 Å². The lowest BCUT2D eigenvalue weighted by atomic mass is 10.1. The van der Waals surface area contributed by atoms with Crippen LogP contribution in [0.5, 0.6) is 5.75 Å². The molecule has 0 aliphatic carbocycles. The summed E-state index contributed by atoms with van der Waals surface area (Å²) in [5, 5.41) is 0. The first-order valence-corrected chi connectivity index (χ1v) is 11.3. The van der Waals surface area contributed by atoms with Gasteiger partial charge in [-0.15, -0.1) is 0 Å². The van der Waals surface area contributed by atoms with E-state index in [1.54, 1.807) is 19.1 Å². The summed E-state index contributed by atoms with van der Waals surface area (Å²) in [7, 11) is -3.85. The van der Waals surface area contributed by atoms with E-state index in [1.165, 1.54) is 47.3 Å². The van der Waals surface area contributed by atoms with Crippen molar-refractivity contribution in [1.29, 1.82) is 0 Å². The Bertz CT molecular complexity index is 1200. The van der Waals surface area contributed by atoms with Gasteiger partial charge in [-0.05, 0) is 49.4 Å². The second-order valence-corrected chi connectivity index (χ2v) is 8.89. The number of nitrogens with one attached hydrogen (secondary N) is 1. The third-order valence-electron chi connectivity index (χ3n) is 4.16. The molecule has 3 aromatic rings. The van der Waals surface area contributed by atoms with E-state index in [0.717, 1.165) is 0 Å². The molecule has 0 aliphatic rings. The molecule has 1 heterocycles. The minimum absolute atomic E-state index is 0.0101. The standard InChI is InChI=1S/C20H19BrFN3O4S/c1-2-29-18-8-5-15(21)11-19(18)30(27,28)24-9-10-25-13-23-17(12-20(25)26)14-3-6-16(22)7-4-14/h3-8,11-13,24H,2,9-10H2,1H3. The maximum absolute atomic E-state index is 13.0. The van der Waals surface area contributed by atoms with Gasteiger partial charge in [-0.25, -0.2) is 22.5 Å². The van der Waals surface area contributed by atoms with E-state index in [9.17, 15) is 17.6 Å². The van der Waals surface area contributed by atoms with Crippen LogP contribution in [0.1, 0.15) is 6.92 Å². The van der Waals surface area contributed by atoms with Crippen LogP contribution in [0.3, 0.4) is 0 Å². The van der Waals surface area contributed by atoms with Gasteiger partial charge in [0.05, 0.1) is 18.6 Å². The summed E-state index contributed by atoms with van der Waals surface area (Å²) < 4.78 is 48.2. The molecule has 0 radical (unpaired) electrons. The lowest BCUT2D eigenvalue weighted by Crippen LogP contribution is -2.31. The number of hydrogen-bond acceptors (Lipinski definition) is 5. The fraction of sp³-hybridized carbons (Fsp3) is 0.200. The highest BCUT2D eigenvalue weighted by molar-refractivity contribution is 9.10. The Morgan fingerprint density at radius 2 is 1.90 bits per heavy atom. The second kappa shape index (κ2) is 9.50. The first-order chi connectivity index (χ1) is 14.3. The smallest absolute Gasteiger partial charge is 0.253 e. The Labute approximate surface area is 181 Å². The Hall–Kier alpha value is -2.56. The topological polar surface area (TPSA) is 90.3 Å². The lowest BCUT2D eigenvalue weighted by Gasteiger charge is -2.13. The van der Waals surface area contributed by atoms with Crippen molar-refractivity contribution < 1.29 is 17.5 Å². The van der Waals surface area contributed by atoms with Crippen molar-refractivity contribution in [2.75, 3.05) is 13.2 Å². The fourth-order valence-electron chi connectivity index (χ4n) is 2.72. The van der Waals surface area contributed by atoms with Crippen LogP contribution in [0.4, 0.5) is 4.39 Å². The predicted molar refractivity (Wildman–Crippen MR) is 114 cm³/mol. The van der Waals surface area contributed by atoms with Crippen LogP contribution in [0.25, 0.3) is 11.3 Å². The minimum Gasteiger partial charge on any atom is -0.492 e. The van der Waals surface area contributed by atoms with Crippen LogP contribution in [0.2, 0.25) is 0 Å². The van der Waals surface area contributed by atoms with Crippen molar-refractivity contribution in [3.8, 4) is 17.0 Å². The summed E-state index contributed by atoms with van der Waals surface area (Å²) in [6, 6.07) is 11.7. The van der Waals surface area contributed by atoms with Crippen LogP contribution >= 0.6 is 15.9 Å². The van der Waals surface area contributed by atoms with Crippen LogP contribution in [0.15, 0.2) is 69.0 Å². The number of halogens is 2. The molecule has 0 spiro atoms. The van der Waals surface area contributed by atoms with E-state index in [4.69, 9.17) is 4.74 Å². The monoisotopic (exact) mass is 495 g/mol. The maximum Gasteiger partial charge on any atom is 0.253 e. The zero-order chi connectivity index (χ0) is 21.7. The van der Waals surface area contributed by atoms with Gasteiger partial charge in [0.2, 0.25) is 10.0 Å². The molecule has 30 heavy (non-hydrogen) atoms. The number of ether oxygens (including phenoxy) is 1. The molecular formula is C20H19BrFN3O4S. The third kappa shape index (κ3) is 5.32. The summed E-state index contributed by atoms with van der Waals surface area (Å²) in [5.41, 5.74) is 0.674. The SMILES string of the molecule is CCOc1ccc(Br)cc1S(=O)(=O)NCCn1cnc(-c2ccc(F)cc2)cc1=O. The predicted octanol–water partition coefficient (Wildman–Crippen LogP) is 3.19. The molecule has 0 saturated carbocycles. The average molecular weight is 496 g/mol. The van der Waals surface area contributed by atoms with Crippen molar-refractivity contribution in [3.63, 3.8) is 0 Å². The van der Waals surface area contributed by atoms with Gasteiger partial charge >= 0.3 is 0 Å². The van der Waals surface area contributed by atoms with E-state index in [2.05, 4.69) is 25.6 Å². The molecule has 0 unspecified atom stereocenters. The van der Waals surface area contributed by atoms with Crippen molar-refractivity contribution in [2.45, 2.75) is 18.4 Å². The van der Waals surface area contributed by atoms with Crippen LogP contribution in [-0.4, -0.2) is 31.1 Å². The van der Waals surface area contributed by atoms with Crippen LogP contribution < -0.4 is 15.0 Å². The maximum atomic E-state index is 13.0. The molecule has 3 rings (SSSR count). The Morgan fingerprint density at radius 3 is 2.57 bits per heavy atom. The molecule has 0 atom stereocenters. The molecular weight excluding hydrogens is 477 g/mol. The van der Waals surface area contributed by atoms with Crippen molar-refractivity contribution in [2.24, 2.45) is 0 Å². The molecule has 0 amide bonds. The van der Waals surface area contributed by atoms with Gasteiger partial charge in [-0.3, -0.25) is 9.36 Å². The highest BCUT2D eigenvalue weighted by Crippen LogP contribution is 2.27. The number of hydrogen-bond donors (Lipinski definition) is 1. The quantitative estimate of drug-likeness (QED) is 0.518. The Balaban J connectivity index is 1.71. The number of sulfonamides is 1. The van der Waals surface area contributed by atoms with Gasteiger partial charge in [0.25, 0.3) is 5.56 Å². The number of benzene rings is 2. The molecule has 1 N–H and O–H groups in total. The van der Waals surface area contributed by atoms with Gasteiger partial charge in [-0.2, -0.15) is 0 Å². The van der Waals surface area contributed by atoms with Crippen molar-refractivity contribution >= 4 is 26.0 Å². The molecule has 7 nitrogen and oxygen atoms in total. The largest absolute Gasteiger partial charge is 0.492 e.